The second kappa shape index (κ2) is 7.31. The topological polar surface area (TPSA) is 69.7 Å². The standard InChI is InChI=1S/C22H22FN3O3/c1-22(16-5-3-2-4-6-16)20(28)26(21(29)24-22)14-19(27)25(18-11-12-18)13-15-7-9-17(23)10-8-15/h2-10,18H,11-14H2,1H3,(H,24,29). The maximum atomic E-state index is 13.2. The summed E-state index contributed by atoms with van der Waals surface area (Å²) in [5.41, 5.74) is 0.275. The van der Waals surface area contributed by atoms with Gasteiger partial charge in [-0.3, -0.25) is 14.5 Å². The Bertz CT molecular complexity index is 944. The fourth-order valence-corrected chi connectivity index (χ4v) is 3.63. The summed E-state index contributed by atoms with van der Waals surface area (Å²) in [5, 5.41) is 2.72. The second-order valence-electron chi connectivity index (χ2n) is 7.69. The number of hydrogen-bond donors (Lipinski definition) is 1. The quantitative estimate of drug-likeness (QED) is 0.765. The van der Waals surface area contributed by atoms with E-state index >= 15 is 0 Å². The summed E-state index contributed by atoms with van der Waals surface area (Å²) in [6.45, 7) is 1.65. The molecule has 1 N–H and O–H groups in total. The third kappa shape index (κ3) is 3.72. The van der Waals surface area contributed by atoms with Crippen LogP contribution in [0.2, 0.25) is 0 Å². The Morgan fingerprint density at radius 3 is 2.41 bits per heavy atom. The lowest BCUT2D eigenvalue weighted by Gasteiger charge is -2.25. The Hall–Kier alpha value is -3.22. The van der Waals surface area contributed by atoms with Crippen LogP contribution in [0.1, 0.15) is 30.9 Å². The molecule has 7 heteroatoms. The van der Waals surface area contributed by atoms with Crippen molar-refractivity contribution in [3.8, 4) is 0 Å². The molecule has 29 heavy (non-hydrogen) atoms. The summed E-state index contributed by atoms with van der Waals surface area (Å²) in [6, 6.07) is 14.5. The molecule has 0 radical (unpaired) electrons. The number of carbonyl (C=O) groups is 3. The van der Waals surface area contributed by atoms with Crippen LogP contribution in [-0.2, 0) is 21.7 Å². The van der Waals surface area contributed by atoms with E-state index in [0.717, 1.165) is 23.3 Å². The van der Waals surface area contributed by atoms with Crippen LogP contribution in [0.4, 0.5) is 9.18 Å². The molecular weight excluding hydrogens is 373 g/mol. The summed E-state index contributed by atoms with van der Waals surface area (Å²) in [5.74, 6) is -1.07. The first-order chi connectivity index (χ1) is 13.9. The van der Waals surface area contributed by atoms with E-state index in [-0.39, 0.29) is 24.3 Å². The van der Waals surface area contributed by atoms with Crippen LogP contribution in [0.15, 0.2) is 54.6 Å². The predicted octanol–water partition coefficient (Wildman–Crippen LogP) is 2.78. The van der Waals surface area contributed by atoms with E-state index in [1.807, 2.05) is 6.07 Å². The zero-order chi connectivity index (χ0) is 20.6. The zero-order valence-electron chi connectivity index (χ0n) is 16.1. The number of imide groups is 1. The van der Waals surface area contributed by atoms with Gasteiger partial charge in [0.2, 0.25) is 5.91 Å². The number of nitrogens with one attached hydrogen (secondary N) is 1. The van der Waals surface area contributed by atoms with Gasteiger partial charge < -0.3 is 10.2 Å². The molecular formula is C22H22FN3O3. The van der Waals surface area contributed by atoms with E-state index in [2.05, 4.69) is 5.32 Å². The van der Waals surface area contributed by atoms with Gasteiger partial charge in [0.25, 0.3) is 5.91 Å². The number of hydrogen-bond acceptors (Lipinski definition) is 3. The third-order valence-electron chi connectivity index (χ3n) is 5.49. The fraction of sp³-hybridized carbons (Fsp3) is 0.318. The highest BCUT2D eigenvalue weighted by Gasteiger charge is 2.50. The van der Waals surface area contributed by atoms with Crippen LogP contribution in [0.5, 0.6) is 0 Å². The van der Waals surface area contributed by atoms with E-state index < -0.39 is 17.5 Å². The van der Waals surface area contributed by atoms with Crippen molar-refractivity contribution < 1.29 is 18.8 Å². The molecule has 0 spiro atoms. The molecule has 2 aliphatic rings. The molecule has 4 rings (SSSR count). The lowest BCUT2D eigenvalue weighted by Crippen LogP contribution is -2.45. The summed E-state index contributed by atoms with van der Waals surface area (Å²) >= 11 is 0. The van der Waals surface area contributed by atoms with Crippen molar-refractivity contribution in [2.75, 3.05) is 6.54 Å². The molecule has 1 atom stereocenters. The Balaban J connectivity index is 1.50. The van der Waals surface area contributed by atoms with Gasteiger partial charge in [-0.25, -0.2) is 9.18 Å². The molecule has 150 valence electrons. The number of nitrogens with zero attached hydrogens (tertiary/aromatic N) is 2. The van der Waals surface area contributed by atoms with Crippen molar-refractivity contribution in [1.29, 1.82) is 0 Å². The fourth-order valence-electron chi connectivity index (χ4n) is 3.63. The second-order valence-corrected chi connectivity index (χ2v) is 7.69. The molecule has 0 bridgehead atoms. The Kier molecular flexibility index (Phi) is 4.82. The molecule has 1 heterocycles. The number of benzene rings is 2. The number of rotatable bonds is 6. The van der Waals surface area contributed by atoms with Gasteiger partial charge in [-0.1, -0.05) is 42.5 Å². The van der Waals surface area contributed by atoms with Gasteiger partial charge >= 0.3 is 6.03 Å². The first-order valence-electron chi connectivity index (χ1n) is 9.62. The van der Waals surface area contributed by atoms with Crippen molar-refractivity contribution in [1.82, 2.24) is 15.1 Å². The minimum atomic E-state index is -1.19. The SMILES string of the molecule is CC1(c2ccccc2)NC(=O)N(CC(=O)N(Cc2ccc(F)cc2)C2CC2)C1=O. The maximum absolute atomic E-state index is 13.2. The first kappa shape index (κ1) is 19.1. The summed E-state index contributed by atoms with van der Waals surface area (Å²) in [6.07, 6.45) is 1.77. The number of halogens is 1. The van der Waals surface area contributed by atoms with Crippen molar-refractivity contribution >= 4 is 17.8 Å². The Morgan fingerprint density at radius 2 is 1.79 bits per heavy atom. The van der Waals surface area contributed by atoms with Crippen molar-refractivity contribution in [3.05, 3.63) is 71.5 Å². The molecule has 2 aromatic rings. The normalized spacial score (nSPS) is 21.2. The van der Waals surface area contributed by atoms with E-state index in [0.29, 0.717) is 12.1 Å². The lowest BCUT2D eigenvalue weighted by molar-refractivity contribution is -0.139. The van der Waals surface area contributed by atoms with Gasteiger partial charge in [-0.15, -0.1) is 0 Å². The van der Waals surface area contributed by atoms with Crippen LogP contribution >= 0.6 is 0 Å². The molecule has 6 nitrogen and oxygen atoms in total. The highest BCUT2D eigenvalue weighted by molar-refractivity contribution is 6.09. The lowest BCUT2D eigenvalue weighted by atomic mass is 9.92. The maximum Gasteiger partial charge on any atom is 0.325 e. The van der Waals surface area contributed by atoms with Crippen LogP contribution in [0, 0.1) is 5.82 Å². The van der Waals surface area contributed by atoms with Gasteiger partial charge in [0, 0.05) is 12.6 Å². The van der Waals surface area contributed by atoms with E-state index in [1.165, 1.54) is 12.1 Å². The van der Waals surface area contributed by atoms with Gasteiger partial charge in [0.1, 0.15) is 17.9 Å². The van der Waals surface area contributed by atoms with Crippen molar-refractivity contribution in [3.63, 3.8) is 0 Å². The number of amides is 4. The number of urea groups is 1. The summed E-state index contributed by atoms with van der Waals surface area (Å²) in [4.78, 5) is 41.1. The molecule has 1 saturated heterocycles. The average Bonchev–Trinajstić information content (AvgIpc) is 3.53. The predicted molar refractivity (Wildman–Crippen MR) is 104 cm³/mol. The first-order valence-corrected chi connectivity index (χ1v) is 9.62. The van der Waals surface area contributed by atoms with E-state index in [1.54, 1.807) is 48.2 Å². The molecule has 4 amide bonds. The van der Waals surface area contributed by atoms with Gasteiger partial charge in [0.05, 0.1) is 0 Å². The largest absolute Gasteiger partial charge is 0.334 e. The molecule has 1 aliphatic heterocycles. The molecule has 2 fully saturated rings. The Morgan fingerprint density at radius 1 is 1.14 bits per heavy atom. The van der Waals surface area contributed by atoms with Gasteiger partial charge in [-0.05, 0) is 43.0 Å². The van der Waals surface area contributed by atoms with Crippen molar-refractivity contribution in [2.45, 2.75) is 37.9 Å². The van der Waals surface area contributed by atoms with E-state index in [4.69, 9.17) is 0 Å². The average molecular weight is 395 g/mol. The van der Waals surface area contributed by atoms with Crippen LogP contribution < -0.4 is 5.32 Å². The molecule has 2 aromatic carbocycles. The minimum Gasteiger partial charge on any atom is -0.334 e. The van der Waals surface area contributed by atoms with Crippen molar-refractivity contribution in [2.24, 2.45) is 0 Å². The van der Waals surface area contributed by atoms with Crippen LogP contribution in [0.25, 0.3) is 0 Å². The Labute approximate surface area is 168 Å². The highest BCUT2D eigenvalue weighted by Crippen LogP contribution is 2.31. The van der Waals surface area contributed by atoms with Crippen LogP contribution in [-0.4, -0.2) is 40.2 Å². The number of carbonyl (C=O) groups excluding carboxylic acids is 3. The summed E-state index contributed by atoms with van der Waals surface area (Å²) < 4.78 is 13.2. The van der Waals surface area contributed by atoms with Gasteiger partial charge in [0.15, 0.2) is 0 Å². The zero-order valence-corrected chi connectivity index (χ0v) is 16.1. The highest BCUT2D eigenvalue weighted by atomic mass is 19.1. The minimum absolute atomic E-state index is 0.0915. The van der Waals surface area contributed by atoms with Gasteiger partial charge in [-0.2, -0.15) is 0 Å². The van der Waals surface area contributed by atoms with E-state index in [9.17, 15) is 18.8 Å². The summed E-state index contributed by atoms with van der Waals surface area (Å²) in [7, 11) is 0. The monoisotopic (exact) mass is 395 g/mol. The molecule has 1 aliphatic carbocycles. The smallest absolute Gasteiger partial charge is 0.325 e. The molecule has 0 aromatic heterocycles. The molecule has 1 saturated carbocycles. The molecule has 1 unspecified atom stereocenters. The third-order valence-corrected chi connectivity index (χ3v) is 5.49. The van der Waals surface area contributed by atoms with Crippen LogP contribution in [0.3, 0.4) is 0 Å².